The molecule has 1 spiro atoms. The highest BCUT2D eigenvalue weighted by Crippen LogP contribution is 2.35. The van der Waals surface area contributed by atoms with Gasteiger partial charge in [0.05, 0.1) is 0 Å². The maximum Gasteiger partial charge on any atom is 0.249 e. The summed E-state index contributed by atoms with van der Waals surface area (Å²) in [5, 5.41) is 3.11. The van der Waals surface area contributed by atoms with Crippen LogP contribution in [0.25, 0.3) is 0 Å². The van der Waals surface area contributed by atoms with E-state index in [4.69, 9.17) is 0 Å². The molecule has 2 amide bonds. The summed E-state index contributed by atoms with van der Waals surface area (Å²) in [6.07, 6.45) is 6.70. The molecule has 0 aromatic carbocycles. The molecule has 2 atom stereocenters. The third-order valence-corrected chi connectivity index (χ3v) is 4.99. The monoisotopic (exact) mass is 280 g/mol. The number of amides is 2. The second-order valence-electron chi connectivity index (χ2n) is 6.46. The summed E-state index contributed by atoms with van der Waals surface area (Å²) < 4.78 is 0. The molecular formula is C16H28N2O2. The minimum absolute atomic E-state index is 0.0642. The van der Waals surface area contributed by atoms with Crippen LogP contribution in [0.3, 0.4) is 0 Å². The summed E-state index contributed by atoms with van der Waals surface area (Å²) in [6, 6.07) is -0.278. The van der Waals surface area contributed by atoms with Crippen molar-refractivity contribution in [3.63, 3.8) is 0 Å². The van der Waals surface area contributed by atoms with Gasteiger partial charge < -0.3 is 10.2 Å². The maximum atomic E-state index is 13.0. The topological polar surface area (TPSA) is 49.4 Å². The van der Waals surface area contributed by atoms with Crippen molar-refractivity contribution < 1.29 is 9.59 Å². The van der Waals surface area contributed by atoms with E-state index < -0.39 is 5.54 Å². The number of hydrogen-bond donors (Lipinski definition) is 1. The summed E-state index contributed by atoms with van der Waals surface area (Å²) in [4.78, 5) is 27.4. The highest BCUT2D eigenvalue weighted by Gasteiger charge is 2.51. The van der Waals surface area contributed by atoms with Gasteiger partial charge in [0.1, 0.15) is 11.6 Å². The molecule has 2 aliphatic rings. The average molecular weight is 280 g/mol. The molecule has 4 heteroatoms. The summed E-state index contributed by atoms with van der Waals surface area (Å²) in [7, 11) is 0. The number of nitrogens with zero attached hydrogens (tertiary/aromatic N) is 1. The molecule has 2 unspecified atom stereocenters. The number of rotatable bonds is 4. The van der Waals surface area contributed by atoms with Crippen molar-refractivity contribution >= 4 is 11.8 Å². The molecule has 0 aromatic rings. The third-order valence-electron chi connectivity index (χ3n) is 4.99. The largest absolute Gasteiger partial charge is 0.340 e. The third kappa shape index (κ3) is 2.57. The number of carbonyl (C=O) groups excluding carboxylic acids is 2. The lowest BCUT2D eigenvalue weighted by Crippen LogP contribution is -2.71. The van der Waals surface area contributed by atoms with E-state index in [0.717, 1.165) is 38.5 Å². The van der Waals surface area contributed by atoms with Crippen molar-refractivity contribution in [2.24, 2.45) is 5.92 Å². The zero-order chi connectivity index (χ0) is 14.8. The smallest absolute Gasteiger partial charge is 0.249 e. The molecule has 114 valence electrons. The van der Waals surface area contributed by atoms with E-state index in [1.165, 1.54) is 6.42 Å². The van der Waals surface area contributed by atoms with Gasteiger partial charge in [0, 0.05) is 6.54 Å². The molecule has 0 bridgehead atoms. The molecule has 4 nitrogen and oxygen atoms in total. The normalized spacial score (nSPS) is 27.6. The molecule has 2 fully saturated rings. The van der Waals surface area contributed by atoms with Gasteiger partial charge in [0.25, 0.3) is 0 Å². The Hall–Kier alpha value is -1.06. The Morgan fingerprint density at radius 2 is 1.90 bits per heavy atom. The minimum Gasteiger partial charge on any atom is -0.340 e. The van der Waals surface area contributed by atoms with Gasteiger partial charge in [0.2, 0.25) is 11.8 Å². The van der Waals surface area contributed by atoms with Crippen LogP contribution in [-0.2, 0) is 9.59 Å². The molecule has 1 saturated carbocycles. The Kier molecular flexibility index (Phi) is 4.71. The van der Waals surface area contributed by atoms with Crippen molar-refractivity contribution in [1.82, 2.24) is 10.2 Å². The van der Waals surface area contributed by atoms with Crippen LogP contribution in [0.15, 0.2) is 0 Å². The van der Waals surface area contributed by atoms with E-state index in [1.54, 1.807) is 0 Å². The lowest BCUT2D eigenvalue weighted by Gasteiger charge is -2.49. The van der Waals surface area contributed by atoms with Gasteiger partial charge in [-0.3, -0.25) is 9.59 Å². The number of hydrogen-bond acceptors (Lipinski definition) is 2. The first kappa shape index (κ1) is 15.3. The van der Waals surface area contributed by atoms with Crippen LogP contribution >= 0.6 is 0 Å². The number of piperazine rings is 1. The maximum absolute atomic E-state index is 13.0. The Labute approximate surface area is 122 Å². The molecular weight excluding hydrogens is 252 g/mol. The van der Waals surface area contributed by atoms with Crippen molar-refractivity contribution in [1.29, 1.82) is 0 Å². The fourth-order valence-electron chi connectivity index (χ4n) is 3.67. The van der Waals surface area contributed by atoms with Crippen LogP contribution in [0.5, 0.6) is 0 Å². The molecule has 20 heavy (non-hydrogen) atoms. The van der Waals surface area contributed by atoms with Gasteiger partial charge in [-0.2, -0.15) is 0 Å². The standard InChI is InChI=1S/C16H28N2O2/c1-4-11-18-13(12(3)5-2)14(19)17-16(15(18)20)9-7-6-8-10-16/h12-13H,4-11H2,1-3H3,(H,17,19). The Morgan fingerprint density at radius 3 is 2.45 bits per heavy atom. The zero-order valence-corrected chi connectivity index (χ0v) is 13.1. The van der Waals surface area contributed by atoms with Gasteiger partial charge >= 0.3 is 0 Å². The summed E-state index contributed by atoms with van der Waals surface area (Å²) in [5.41, 5.74) is -0.589. The van der Waals surface area contributed by atoms with E-state index in [1.807, 2.05) is 4.90 Å². The minimum atomic E-state index is -0.589. The first-order chi connectivity index (χ1) is 9.55. The van der Waals surface area contributed by atoms with Gasteiger partial charge in [-0.05, 0) is 25.2 Å². The van der Waals surface area contributed by atoms with Gasteiger partial charge in [-0.1, -0.05) is 46.5 Å². The van der Waals surface area contributed by atoms with Crippen LogP contribution in [0, 0.1) is 5.92 Å². The zero-order valence-electron chi connectivity index (χ0n) is 13.1. The fraction of sp³-hybridized carbons (Fsp3) is 0.875. The SMILES string of the molecule is CCCN1C(=O)C2(CCCCC2)NC(=O)C1C(C)CC. The summed E-state index contributed by atoms with van der Waals surface area (Å²) in [5.74, 6) is 0.449. The molecule has 0 aromatic heterocycles. The van der Waals surface area contributed by atoms with E-state index in [0.29, 0.717) is 6.54 Å². The van der Waals surface area contributed by atoms with Crippen molar-refractivity contribution in [3.05, 3.63) is 0 Å². The van der Waals surface area contributed by atoms with E-state index in [-0.39, 0.29) is 23.8 Å². The lowest BCUT2D eigenvalue weighted by molar-refractivity contribution is -0.158. The van der Waals surface area contributed by atoms with Gasteiger partial charge in [-0.15, -0.1) is 0 Å². The number of nitrogens with one attached hydrogen (secondary N) is 1. The quantitative estimate of drug-likeness (QED) is 0.860. The highest BCUT2D eigenvalue weighted by molar-refractivity contribution is 6.00. The lowest BCUT2D eigenvalue weighted by atomic mass is 9.77. The predicted octanol–water partition coefficient (Wildman–Crippen LogP) is 2.47. The van der Waals surface area contributed by atoms with E-state index in [9.17, 15) is 9.59 Å². The van der Waals surface area contributed by atoms with Crippen LogP contribution in [0.1, 0.15) is 65.7 Å². The molecule has 2 rings (SSSR count). The Bertz CT molecular complexity index is 375. The predicted molar refractivity (Wildman–Crippen MR) is 79.2 cm³/mol. The van der Waals surface area contributed by atoms with Crippen molar-refractivity contribution in [3.8, 4) is 0 Å². The first-order valence-electron chi connectivity index (χ1n) is 8.19. The number of carbonyl (C=O) groups is 2. The molecule has 1 heterocycles. The summed E-state index contributed by atoms with van der Waals surface area (Å²) >= 11 is 0. The average Bonchev–Trinajstić information content (AvgIpc) is 2.45. The van der Waals surface area contributed by atoms with Crippen LogP contribution in [0.2, 0.25) is 0 Å². The molecule has 1 aliphatic heterocycles. The second kappa shape index (κ2) is 6.15. The summed E-state index contributed by atoms with van der Waals surface area (Å²) in [6.45, 7) is 6.92. The molecule has 0 radical (unpaired) electrons. The molecule has 1 saturated heterocycles. The Morgan fingerprint density at radius 1 is 1.25 bits per heavy atom. The van der Waals surface area contributed by atoms with Crippen molar-refractivity contribution in [2.75, 3.05) is 6.54 Å². The molecule has 1 N–H and O–H groups in total. The first-order valence-corrected chi connectivity index (χ1v) is 8.19. The van der Waals surface area contributed by atoms with Crippen LogP contribution in [0.4, 0.5) is 0 Å². The van der Waals surface area contributed by atoms with Gasteiger partial charge in [0.15, 0.2) is 0 Å². The fourth-order valence-corrected chi connectivity index (χ4v) is 3.67. The molecule has 1 aliphatic carbocycles. The van der Waals surface area contributed by atoms with E-state index in [2.05, 4.69) is 26.1 Å². The van der Waals surface area contributed by atoms with Crippen LogP contribution in [-0.4, -0.2) is 34.8 Å². The Balaban J connectivity index is 2.28. The van der Waals surface area contributed by atoms with E-state index >= 15 is 0 Å². The van der Waals surface area contributed by atoms with Crippen LogP contribution < -0.4 is 5.32 Å². The second-order valence-corrected chi connectivity index (χ2v) is 6.46. The highest BCUT2D eigenvalue weighted by atomic mass is 16.2. The van der Waals surface area contributed by atoms with Gasteiger partial charge in [-0.25, -0.2) is 0 Å². The van der Waals surface area contributed by atoms with Crippen molar-refractivity contribution in [2.45, 2.75) is 77.3 Å².